The maximum Gasteiger partial charge on any atom is 0.266 e. The number of carbonyl (C=O) groups is 1. The highest BCUT2D eigenvalue weighted by molar-refractivity contribution is 7.99. The summed E-state index contributed by atoms with van der Waals surface area (Å²) in [5.41, 5.74) is 0.221. The van der Waals surface area contributed by atoms with Crippen LogP contribution in [0, 0.1) is 5.82 Å². The van der Waals surface area contributed by atoms with Crippen molar-refractivity contribution in [1.29, 1.82) is 0 Å². The van der Waals surface area contributed by atoms with Crippen molar-refractivity contribution in [3.63, 3.8) is 0 Å². The maximum atomic E-state index is 14.3. The van der Waals surface area contributed by atoms with Crippen LogP contribution in [-0.4, -0.2) is 27.8 Å². The lowest BCUT2D eigenvalue weighted by Gasteiger charge is -2.13. The fraction of sp³-hybridized carbons (Fsp3) is 0.105. The predicted molar refractivity (Wildman–Crippen MR) is 101 cm³/mol. The molecule has 0 saturated carbocycles. The zero-order valence-electron chi connectivity index (χ0n) is 13.8. The number of halogens is 1. The van der Waals surface area contributed by atoms with E-state index in [0.717, 1.165) is 11.8 Å². The fourth-order valence-corrected chi connectivity index (χ4v) is 3.26. The molecule has 0 atom stereocenters. The summed E-state index contributed by atoms with van der Waals surface area (Å²) in [5.74, 6) is -0.713. The Balaban J connectivity index is 2.10. The van der Waals surface area contributed by atoms with Crippen molar-refractivity contribution in [3.8, 4) is 5.69 Å². The van der Waals surface area contributed by atoms with Crippen molar-refractivity contribution >= 4 is 28.6 Å². The normalized spacial score (nSPS) is 10.7. The van der Waals surface area contributed by atoms with Crippen LogP contribution in [0.4, 0.5) is 4.39 Å². The van der Waals surface area contributed by atoms with Gasteiger partial charge in [0.25, 0.3) is 5.56 Å². The lowest BCUT2D eigenvalue weighted by atomic mass is 10.2. The van der Waals surface area contributed by atoms with Gasteiger partial charge in [-0.05, 0) is 24.3 Å². The molecule has 0 spiro atoms. The molecular weight excluding hydrogens is 353 g/mol. The van der Waals surface area contributed by atoms with Gasteiger partial charge in [-0.1, -0.05) is 42.1 Å². The number of fused-ring (bicyclic) bond motifs is 1. The summed E-state index contributed by atoms with van der Waals surface area (Å²) in [6.07, 6.45) is 1.58. The highest BCUT2D eigenvalue weighted by atomic mass is 32.2. The summed E-state index contributed by atoms with van der Waals surface area (Å²) in [6.45, 7) is 3.89. The second-order valence-corrected chi connectivity index (χ2v) is 6.33. The summed E-state index contributed by atoms with van der Waals surface area (Å²) in [5, 5.41) is 3.30. The Hall–Kier alpha value is -2.93. The van der Waals surface area contributed by atoms with E-state index in [2.05, 4.69) is 16.9 Å². The zero-order chi connectivity index (χ0) is 18.5. The fourth-order valence-electron chi connectivity index (χ4n) is 2.42. The van der Waals surface area contributed by atoms with Gasteiger partial charge in [-0.15, -0.1) is 6.58 Å². The number of hydrogen-bond donors (Lipinski definition) is 1. The van der Waals surface area contributed by atoms with Crippen molar-refractivity contribution in [1.82, 2.24) is 14.9 Å². The van der Waals surface area contributed by atoms with Crippen LogP contribution in [0.2, 0.25) is 0 Å². The van der Waals surface area contributed by atoms with E-state index in [0.29, 0.717) is 17.4 Å². The molecule has 1 aromatic heterocycles. The predicted octanol–water partition coefficient (Wildman–Crippen LogP) is 2.92. The smallest absolute Gasteiger partial charge is 0.266 e. The van der Waals surface area contributed by atoms with Gasteiger partial charge >= 0.3 is 0 Å². The Morgan fingerprint density at radius 1 is 1.23 bits per heavy atom. The zero-order valence-corrected chi connectivity index (χ0v) is 14.6. The van der Waals surface area contributed by atoms with E-state index >= 15 is 0 Å². The van der Waals surface area contributed by atoms with Crippen LogP contribution in [0.1, 0.15) is 0 Å². The van der Waals surface area contributed by atoms with Gasteiger partial charge in [0.15, 0.2) is 5.16 Å². The SMILES string of the molecule is C=CCNC(=O)CSc1nc2ccccc2c(=O)n1-c1ccccc1F. The van der Waals surface area contributed by atoms with Gasteiger partial charge in [0.05, 0.1) is 22.3 Å². The van der Waals surface area contributed by atoms with Crippen LogP contribution >= 0.6 is 11.8 Å². The Morgan fingerprint density at radius 3 is 2.73 bits per heavy atom. The summed E-state index contributed by atoms with van der Waals surface area (Å²) in [6, 6.07) is 12.8. The molecule has 2 aromatic carbocycles. The molecule has 0 radical (unpaired) electrons. The van der Waals surface area contributed by atoms with Gasteiger partial charge in [-0.2, -0.15) is 0 Å². The summed E-state index contributed by atoms with van der Waals surface area (Å²) in [7, 11) is 0. The van der Waals surface area contributed by atoms with Gasteiger partial charge in [-0.25, -0.2) is 9.37 Å². The molecule has 0 aliphatic heterocycles. The molecule has 1 N–H and O–H groups in total. The molecular formula is C19H16FN3O2S. The van der Waals surface area contributed by atoms with Crippen molar-refractivity contribution in [2.75, 3.05) is 12.3 Å². The Kier molecular flexibility index (Phi) is 5.48. The molecule has 7 heteroatoms. The standard InChI is InChI=1S/C19H16FN3O2S/c1-2-11-21-17(24)12-26-19-22-15-9-5-3-7-13(15)18(25)23(19)16-10-6-4-8-14(16)20/h2-10H,1,11-12H2,(H,21,24). The number of para-hydroxylation sites is 2. The third-order valence-electron chi connectivity index (χ3n) is 3.61. The second-order valence-electron chi connectivity index (χ2n) is 5.38. The molecule has 26 heavy (non-hydrogen) atoms. The van der Waals surface area contributed by atoms with Crippen LogP contribution in [0.3, 0.4) is 0 Å². The molecule has 1 heterocycles. The van der Waals surface area contributed by atoms with E-state index in [9.17, 15) is 14.0 Å². The molecule has 0 unspecified atom stereocenters. The van der Waals surface area contributed by atoms with E-state index in [-0.39, 0.29) is 28.1 Å². The number of benzene rings is 2. The number of aromatic nitrogens is 2. The number of nitrogens with zero attached hydrogens (tertiary/aromatic N) is 2. The average Bonchev–Trinajstić information content (AvgIpc) is 2.66. The van der Waals surface area contributed by atoms with Crippen LogP contribution < -0.4 is 10.9 Å². The second kappa shape index (κ2) is 7.97. The van der Waals surface area contributed by atoms with Crippen LogP contribution in [-0.2, 0) is 4.79 Å². The highest BCUT2D eigenvalue weighted by Gasteiger charge is 2.16. The minimum absolute atomic E-state index is 0.0487. The van der Waals surface area contributed by atoms with Crippen LogP contribution in [0.5, 0.6) is 0 Å². The molecule has 0 fully saturated rings. The molecule has 3 aromatic rings. The van der Waals surface area contributed by atoms with E-state index in [1.807, 2.05) is 0 Å². The minimum atomic E-state index is -0.537. The first kappa shape index (κ1) is 17.9. The molecule has 1 amide bonds. The lowest BCUT2D eigenvalue weighted by Crippen LogP contribution is -2.26. The number of rotatable bonds is 6. The number of nitrogens with one attached hydrogen (secondary N) is 1. The number of thioether (sulfide) groups is 1. The molecule has 0 saturated heterocycles. The van der Waals surface area contributed by atoms with Crippen molar-refractivity contribution < 1.29 is 9.18 Å². The lowest BCUT2D eigenvalue weighted by molar-refractivity contribution is -0.118. The van der Waals surface area contributed by atoms with Gasteiger partial charge in [0.1, 0.15) is 5.82 Å². The van der Waals surface area contributed by atoms with Gasteiger partial charge < -0.3 is 5.32 Å². The highest BCUT2D eigenvalue weighted by Crippen LogP contribution is 2.22. The van der Waals surface area contributed by atoms with E-state index in [1.54, 1.807) is 42.5 Å². The number of carbonyl (C=O) groups excluding carboxylic acids is 1. The van der Waals surface area contributed by atoms with Gasteiger partial charge in [0.2, 0.25) is 5.91 Å². The summed E-state index contributed by atoms with van der Waals surface area (Å²) >= 11 is 1.08. The quantitative estimate of drug-likeness (QED) is 0.412. The molecule has 3 rings (SSSR count). The molecule has 0 aliphatic rings. The van der Waals surface area contributed by atoms with Crippen LogP contribution in [0.15, 0.2) is 71.1 Å². The first-order chi connectivity index (χ1) is 12.6. The monoisotopic (exact) mass is 369 g/mol. The van der Waals surface area contributed by atoms with Crippen molar-refractivity contribution in [3.05, 3.63) is 77.4 Å². The van der Waals surface area contributed by atoms with Crippen molar-refractivity contribution in [2.45, 2.75) is 5.16 Å². The van der Waals surface area contributed by atoms with E-state index in [1.165, 1.54) is 16.7 Å². The molecule has 5 nitrogen and oxygen atoms in total. The summed E-state index contributed by atoms with van der Waals surface area (Å²) < 4.78 is 15.5. The third kappa shape index (κ3) is 3.67. The molecule has 0 aliphatic carbocycles. The molecule has 0 bridgehead atoms. The average molecular weight is 369 g/mol. The maximum absolute atomic E-state index is 14.3. The topological polar surface area (TPSA) is 64.0 Å². The van der Waals surface area contributed by atoms with Crippen LogP contribution in [0.25, 0.3) is 16.6 Å². The number of amides is 1. The van der Waals surface area contributed by atoms with Gasteiger partial charge in [0, 0.05) is 6.54 Å². The third-order valence-corrected chi connectivity index (χ3v) is 4.55. The first-order valence-corrected chi connectivity index (χ1v) is 8.87. The number of hydrogen-bond acceptors (Lipinski definition) is 4. The Bertz CT molecular complexity index is 1030. The van der Waals surface area contributed by atoms with E-state index in [4.69, 9.17) is 0 Å². The minimum Gasteiger partial charge on any atom is -0.352 e. The Morgan fingerprint density at radius 2 is 1.96 bits per heavy atom. The first-order valence-electron chi connectivity index (χ1n) is 7.89. The van der Waals surface area contributed by atoms with Gasteiger partial charge in [-0.3, -0.25) is 14.2 Å². The van der Waals surface area contributed by atoms with Crippen molar-refractivity contribution in [2.24, 2.45) is 0 Å². The molecule has 132 valence electrons. The Labute approximate surface area is 153 Å². The van der Waals surface area contributed by atoms with E-state index < -0.39 is 5.82 Å². The largest absolute Gasteiger partial charge is 0.352 e. The summed E-state index contributed by atoms with van der Waals surface area (Å²) in [4.78, 5) is 29.3.